The smallest absolute Gasteiger partial charge is 0.325 e. The van der Waals surface area contributed by atoms with Crippen molar-refractivity contribution in [2.45, 2.75) is 39.8 Å². The lowest BCUT2D eigenvalue weighted by atomic mass is 9.93. The van der Waals surface area contributed by atoms with E-state index in [0.717, 1.165) is 28.3 Å². The number of hydrogen-bond acceptors (Lipinski definition) is 4. The van der Waals surface area contributed by atoms with Crippen molar-refractivity contribution in [1.82, 2.24) is 19.8 Å². The maximum absolute atomic E-state index is 12.5. The van der Waals surface area contributed by atoms with Gasteiger partial charge in [-0.05, 0) is 69.7 Å². The van der Waals surface area contributed by atoms with Crippen LogP contribution in [0.3, 0.4) is 0 Å². The van der Waals surface area contributed by atoms with E-state index in [-0.39, 0.29) is 24.6 Å². The summed E-state index contributed by atoms with van der Waals surface area (Å²) in [6.45, 7) is 8.62. The highest BCUT2D eigenvalue weighted by atomic mass is 32.1. The Morgan fingerprint density at radius 2 is 1.81 bits per heavy atom. The lowest BCUT2D eigenvalue weighted by molar-refractivity contribution is -0.143. The van der Waals surface area contributed by atoms with Crippen LogP contribution in [0.5, 0.6) is 0 Å². The molecule has 166 valence electrons. The Morgan fingerprint density at radius 1 is 1.09 bits per heavy atom. The minimum absolute atomic E-state index is 0.0854. The molecule has 1 saturated heterocycles. The fourth-order valence-electron chi connectivity index (χ4n) is 4.64. The van der Waals surface area contributed by atoms with Gasteiger partial charge in [0, 0.05) is 28.8 Å². The van der Waals surface area contributed by atoms with Crippen LogP contribution in [0.15, 0.2) is 54.7 Å². The highest BCUT2D eigenvalue weighted by Gasteiger charge is 2.43. The van der Waals surface area contributed by atoms with Gasteiger partial charge in [-0.15, -0.1) is 0 Å². The average molecular weight is 449 g/mol. The number of carbonyl (C=O) groups excluding carboxylic acids is 1. The molecule has 0 aliphatic carbocycles. The second kappa shape index (κ2) is 9.12. The van der Waals surface area contributed by atoms with Gasteiger partial charge in [-0.3, -0.25) is 9.78 Å². The van der Waals surface area contributed by atoms with E-state index < -0.39 is 0 Å². The Labute approximate surface area is 194 Å². The second-order valence-corrected chi connectivity index (χ2v) is 8.33. The number of carbonyl (C=O) groups is 1. The van der Waals surface area contributed by atoms with Crippen molar-refractivity contribution in [3.8, 4) is 5.69 Å². The molecule has 32 heavy (non-hydrogen) atoms. The first-order valence-corrected chi connectivity index (χ1v) is 11.2. The van der Waals surface area contributed by atoms with Crippen molar-refractivity contribution in [1.29, 1.82) is 0 Å². The summed E-state index contributed by atoms with van der Waals surface area (Å²) < 4.78 is 7.52. The van der Waals surface area contributed by atoms with Crippen LogP contribution in [0.1, 0.15) is 47.2 Å². The summed E-state index contributed by atoms with van der Waals surface area (Å²) >= 11 is 5.69. The molecule has 1 N–H and O–H groups in total. The van der Waals surface area contributed by atoms with Crippen molar-refractivity contribution in [3.63, 3.8) is 0 Å². The van der Waals surface area contributed by atoms with Gasteiger partial charge in [-0.2, -0.15) is 0 Å². The molecular formula is C25H28N4O2S. The Balaban J connectivity index is 1.86. The molecule has 2 atom stereocenters. The van der Waals surface area contributed by atoms with E-state index in [4.69, 9.17) is 17.0 Å². The van der Waals surface area contributed by atoms with Gasteiger partial charge in [0.05, 0.1) is 24.4 Å². The first-order chi connectivity index (χ1) is 15.4. The van der Waals surface area contributed by atoms with E-state index in [9.17, 15) is 4.79 Å². The van der Waals surface area contributed by atoms with Crippen LogP contribution in [0, 0.1) is 20.8 Å². The van der Waals surface area contributed by atoms with Crippen molar-refractivity contribution in [3.05, 3.63) is 82.9 Å². The summed E-state index contributed by atoms with van der Waals surface area (Å²) in [5.41, 5.74) is 6.61. The Kier molecular flexibility index (Phi) is 6.28. The van der Waals surface area contributed by atoms with Gasteiger partial charge in [-0.25, -0.2) is 0 Å². The molecule has 0 spiro atoms. The summed E-state index contributed by atoms with van der Waals surface area (Å²) in [6.07, 6.45) is 1.78. The summed E-state index contributed by atoms with van der Waals surface area (Å²) in [4.78, 5) is 19.0. The zero-order chi connectivity index (χ0) is 22.8. The molecule has 1 aliphatic rings. The van der Waals surface area contributed by atoms with E-state index in [1.54, 1.807) is 6.20 Å². The summed E-state index contributed by atoms with van der Waals surface area (Å²) in [5, 5.41) is 3.95. The van der Waals surface area contributed by atoms with Crippen LogP contribution >= 0.6 is 12.2 Å². The van der Waals surface area contributed by atoms with E-state index in [1.807, 2.05) is 48.2 Å². The molecule has 0 amide bonds. The molecule has 3 heterocycles. The summed E-state index contributed by atoms with van der Waals surface area (Å²) in [7, 11) is 0. The van der Waals surface area contributed by atoms with Gasteiger partial charge in [0.25, 0.3) is 0 Å². The third-order valence-corrected chi connectivity index (χ3v) is 6.47. The highest BCUT2D eigenvalue weighted by molar-refractivity contribution is 7.80. The summed E-state index contributed by atoms with van der Waals surface area (Å²) in [6, 6.07) is 15.8. The van der Waals surface area contributed by atoms with Gasteiger partial charge in [0.2, 0.25) is 0 Å². The van der Waals surface area contributed by atoms with E-state index in [2.05, 4.69) is 47.8 Å². The minimum Gasteiger partial charge on any atom is -0.465 e. The SMILES string of the molecule is CCOC(=O)CN1C(=S)NC(c2ccccn2)C1c1c(C)c(C)n(-c2ccccc2)c1C. The largest absolute Gasteiger partial charge is 0.465 e. The molecule has 2 unspecified atom stereocenters. The van der Waals surface area contributed by atoms with Crippen LogP contribution in [0.25, 0.3) is 5.69 Å². The topological polar surface area (TPSA) is 59.4 Å². The lowest BCUT2D eigenvalue weighted by Gasteiger charge is -2.28. The van der Waals surface area contributed by atoms with Crippen LogP contribution < -0.4 is 5.32 Å². The molecule has 1 aromatic carbocycles. The maximum atomic E-state index is 12.5. The minimum atomic E-state index is -0.294. The first-order valence-electron chi connectivity index (χ1n) is 10.8. The molecular weight excluding hydrogens is 420 g/mol. The van der Waals surface area contributed by atoms with Gasteiger partial charge in [0.1, 0.15) is 6.54 Å². The average Bonchev–Trinajstić information content (AvgIpc) is 3.22. The van der Waals surface area contributed by atoms with E-state index in [0.29, 0.717) is 11.7 Å². The van der Waals surface area contributed by atoms with E-state index >= 15 is 0 Å². The normalized spacial score (nSPS) is 18.0. The standard InChI is InChI=1S/C25H28N4O2S/c1-5-31-21(30)15-28-24(23(27-25(28)32)20-13-9-10-14-26-20)22-16(2)17(3)29(18(22)4)19-11-7-6-8-12-19/h6-14,23-24H,5,15H2,1-4H3,(H,27,32). The van der Waals surface area contributed by atoms with Crippen molar-refractivity contribution < 1.29 is 9.53 Å². The molecule has 0 radical (unpaired) electrons. The Hall–Kier alpha value is -3.19. The number of para-hydroxylation sites is 1. The van der Waals surface area contributed by atoms with Gasteiger partial charge in [0.15, 0.2) is 5.11 Å². The Morgan fingerprint density at radius 3 is 2.47 bits per heavy atom. The number of pyridine rings is 1. The van der Waals surface area contributed by atoms with Crippen molar-refractivity contribution >= 4 is 23.3 Å². The molecule has 1 aliphatic heterocycles. The number of nitrogens with one attached hydrogen (secondary N) is 1. The van der Waals surface area contributed by atoms with Crippen LogP contribution in [-0.2, 0) is 9.53 Å². The van der Waals surface area contributed by atoms with Gasteiger partial charge >= 0.3 is 5.97 Å². The number of esters is 1. The number of hydrogen-bond donors (Lipinski definition) is 1. The van der Waals surface area contributed by atoms with Crippen LogP contribution in [0.2, 0.25) is 0 Å². The van der Waals surface area contributed by atoms with Gasteiger partial charge in [-0.1, -0.05) is 24.3 Å². The number of rotatable bonds is 6. The lowest BCUT2D eigenvalue weighted by Crippen LogP contribution is -2.35. The fourth-order valence-corrected chi connectivity index (χ4v) is 4.95. The number of thiocarbonyl (C=S) groups is 1. The molecule has 0 bridgehead atoms. The molecule has 6 nitrogen and oxygen atoms in total. The van der Waals surface area contributed by atoms with E-state index in [1.165, 1.54) is 5.56 Å². The number of aromatic nitrogens is 2. The zero-order valence-electron chi connectivity index (χ0n) is 18.8. The highest BCUT2D eigenvalue weighted by Crippen LogP contribution is 2.43. The monoisotopic (exact) mass is 448 g/mol. The van der Waals surface area contributed by atoms with Crippen molar-refractivity contribution in [2.75, 3.05) is 13.2 Å². The van der Waals surface area contributed by atoms with Crippen LogP contribution in [-0.4, -0.2) is 38.7 Å². The fraction of sp³-hybridized carbons (Fsp3) is 0.320. The third kappa shape index (κ3) is 3.88. The number of ether oxygens (including phenoxy) is 1. The predicted octanol–water partition coefficient (Wildman–Crippen LogP) is 4.33. The number of benzene rings is 1. The molecule has 1 fully saturated rings. The third-order valence-electron chi connectivity index (χ3n) is 6.12. The molecule has 4 rings (SSSR count). The summed E-state index contributed by atoms with van der Waals surface area (Å²) in [5.74, 6) is -0.294. The Bertz CT molecular complexity index is 1130. The zero-order valence-corrected chi connectivity index (χ0v) is 19.6. The first kappa shape index (κ1) is 22.0. The predicted molar refractivity (Wildman–Crippen MR) is 129 cm³/mol. The molecule has 7 heteroatoms. The van der Waals surface area contributed by atoms with Crippen LogP contribution in [0.4, 0.5) is 0 Å². The van der Waals surface area contributed by atoms with Gasteiger partial charge < -0.3 is 19.5 Å². The molecule has 3 aromatic rings. The maximum Gasteiger partial charge on any atom is 0.325 e. The molecule has 2 aromatic heterocycles. The number of nitrogens with zero attached hydrogens (tertiary/aromatic N) is 3. The molecule has 0 saturated carbocycles. The van der Waals surface area contributed by atoms with Crippen molar-refractivity contribution in [2.24, 2.45) is 0 Å². The quantitative estimate of drug-likeness (QED) is 0.447. The second-order valence-electron chi connectivity index (χ2n) is 7.94.